The van der Waals surface area contributed by atoms with Gasteiger partial charge in [-0.25, -0.2) is 9.37 Å². The lowest BCUT2D eigenvalue weighted by Crippen LogP contribution is -2.11. The average molecular weight is 832 g/mol. The zero-order chi connectivity index (χ0) is 50.4. The predicted molar refractivity (Wildman–Crippen MR) is 264 cm³/mol. The topological polar surface area (TPSA) is 26.0 Å². The van der Waals surface area contributed by atoms with Crippen LogP contribution >= 0.6 is 0 Å². The first-order chi connectivity index (χ1) is 35.4. The summed E-state index contributed by atoms with van der Waals surface area (Å²) < 4.78 is 96.8. The molecule has 3 heterocycles. The number of para-hydroxylation sites is 5. The number of halogens is 1. The van der Waals surface area contributed by atoms with Crippen molar-refractivity contribution in [3.8, 4) is 44.8 Å². The average Bonchev–Trinajstić information content (AvgIpc) is 3.95. The lowest BCUT2D eigenvalue weighted by atomic mass is 9.92. The molecule has 0 radical (unpaired) electrons. The molecule has 0 atom stereocenters. The lowest BCUT2D eigenvalue weighted by Gasteiger charge is -2.24. The molecule has 0 aliphatic rings. The zero-order valence-electron chi connectivity index (χ0n) is 43.0. The molecule has 302 valence electrons. The van der Waals surface area contributed by atoms with Crippen molar-refractivity contribution < 1.29 is 16.7 Å². The van der Waals surface area contributed by atoms with E-state index in [-0.39, 0.29) is 5.82 Å². The summed E-state index contributed by atoms with van der Waals surface area (Å²) in [5, 5.41) is 4.36. The fraction of sp³-hybridized carbons (Fsp3) is 0. The molecule has 64 heavy (non-hydrogen) atoms. The summed E-state index contributed by atoms with van der Waals surface area (Å²) in [6, 6.07) is 52.8. The van der Waals surface area contributed by atoms with E-state index in [1.165, 1.54) is 6.07 Å². The summed E-state index contributed by atoms with van der Waals surface area (Å²) in [5.74, 6) is -1.48. The van der Waals surface area contributed by atoms with Crippen molar-refractivity contribution in [1.29, 1.82) is 0 Å². The molecule has 3 aromatic heterocycles. The van der Waals surface area contributed by atoms with Crippen LogP contribution < -0.4 is 4.90 Å². The number of aromatic nitrogens is 3. The second-order valence-corrected chi connectivity index (χ2v) is 15.5. The molecule has 0 bridgehead atoms. The van der Waals surface area contributed by atoms with Crippen LogP contribution in [0.1, 0.15) is 12.3 Å². The second-order valence-electron chi connectivity index (χ2n) is 15.5. The molecule has 0 amide bonds. The number of anilines is 3. The maximum absolute atomic E-state index is 15.0. The Balaban J connectivity index is 1.06. The van der Waals surface area contributed by atoms with Crippen molar-refractivity contribution in [2.75, 3.05) is 4.90 Å². The summed E-state index contributed by atoms with van der Waals surface area (Å²) in [7, 11) is 0. The van der Waals surface area contributed by atoms with Gasteiger partial charge in [-0.05, 0) is 155 Å². The van der Waals surface area contributed by atoms with E-state index < -0.39 is 71.6 Å². The summed E-state index contributed by atoms with van der Waals surface area (Å²) >= 11 is 0. The van der Waals surface area contributed by atoms with Gasteiger partial charge < -0.3 is 9.13 Å². The van der Waals surface area contributed by atoms with Crippen LogP contribution in [0, 0.1) is 5.82 Å². The van der Waals surface area contributed by atoms with Crippen molar-refractivity contribution in [3.05, 3.63) is 242 Å². The third kappa shape index (κ3) is 6.41. The van der Waals surface area contributed by atoms with Crippen molar-refractivity contribution in [1.82, 2.24) is 14.1 Å². The normalized spacial score (nSPS) is 13.5. The number of pyridine rings is 1. The minimum atomic E-state index is -1.39. The van der Waals surface area contributed by atoms with Crippen LogP contribution in [0.3, 0.4) is 0 Å². The van der Waals surface area contributed by atoms with Gasteiger partial charge in [0, 0.05) is 56.1 Å². The van der Waals surface area contributed by atoms with Gasteiger partial charge in [-0.3, -0.25) is 4.90 Å². The van der Waals surface area contributed by atoms with Gasteiger partial charge in [0.2, 0.25) is 0 Å². The van der Waals surface area contributed by atoms with Crippen molar-refractivity contribution >= 4 is 60.8 Å². The Labute approximate surface area is 382 Å². The van der Waals surface area contributed by atoms with Crippen LogP contribution in [0.4, 0.5) is 21.6 Å². The first-order valence-corrected chi connectivity index (χ1v) is 20.8. The third-order valence-electron chi connectivity index (χ3n) is 11.8. The molecular weight excluding hydrogens is 784 g/mol. The van der Waals surface area contributed by atoms with Gasteiger partial charge in [-0.2, -0.15) is 0 Å². The second kappa shape index (κ2) is 15.4. The Morgan fingerprint density at radius 2 is 0.844 bits per heavy atom. The van der Waals surface area contributed by atoms with Crippen LogP contribution in [-0.2, 0) is 0 Å². The van der Waals surface area contributed by atoms with Gasteiger partial charge in [0.1, 0.15) is 11.6 Å². The van der Waals surface area contributed by atoms with E-state index in [9.17, 15) is 0 Å². The van der Waals surface area contributed by atoms with Gasteiger partial charge in [0.25, 0.3) is 0 Å². The molecule has 0 spiro atoms. The standard InChI is InChI=1S/C59H39FN4/c60-46-27-29-50(30-28-46)62(47-14-4-1-5-15-47)59-33-26-42(39-61-59)45-35-43(40-24-31-57-53(37-40)51-20-10-12-22-55(51)63(57)48-16-6-2-7-17-48)34-44(36-45)41-25-32-58-54(38-41)52-21-11-13-23-56(52)64(58)49-18-8-3-9-19-49/h1-39H/i1D,4D,5D,14D,15D,27D,28D,29D,30D. The highest BCUT2D eigenvalue weighted by atomic mass is 19.1. The van der Waals surface area contributed by atoms with Gasteiger partial charge in [-0.1, -0.05) is 103 Å². The molecule has 0 aliphatic carbocycles. The number of benzene rings is 9. The molecule has 0 saturated carbocycles. The number of hydrogen-bond donors (Lipinski definition) is 0. The summed E-state index contributed by atoms with van der Waals surface area (Å²) in [5.41, 5.74) is 10.5. The highest BCUT2D eigenvalue weighted by Crippen LogP contribution is 2.41. The maximum Gasteiger partial charge on any atom is 0.137 e. The molecule has 12 rings (SSSR count). The van der Waals surface area contributed by atoms with E-state index in [2.05, 4.69) is 112 Å². The van der Waals surface area contributed by atoms with Gasteiger partial charge in [-0.15, -0.1) is 0 Å². The third-order valence-corrected chi connectivity index (χ3v) is 11.8. The molecule has 0 unspecified atom stereocenters. The van der Waals surface area contributed by atoms with Crippen molar-refractivity contribution in [2.45, 2.75) is 0 Å². The summed E-state index contributed by atoms with van der Waals surface area (Å²) in [6.07, 6.45) is 1.55. The minimum absolute atomic E-state index is 0.0911. The van der Waals surface area contributed by atoms with Crippen LogP contribution in [0.25, 0.3) is 88.4 Å². The fourth-order valence-electron chi connectivity index (χ4n) is 8.93. The Morgan fingerprint density at radius 1 is 0.391 bits per heavy atom. The van der Waals surface area contributed by atoms with E-state index in [1.54, 1.807) is 12.3 Å². The number of hydrogen-bond acceptors (Lipinski definition) is 2. The van der Waals surface area contributed by atoms with Gasteiger partial charge >= 0.3 is 0 Å². The fourth-order valence-corrected chi connectivity index (χ4v) is 8.93. The maximum atomic E-state index is 15.0. The minimum Gasteiger partial charge on any atom is -0.309 e. The van der Waals surface area contributed by atoms with Crippen LogP contribution in [0.2, 0.25) is 0 Å². The molecule has 0 aliphatic heterocycles. The Bertz CT molecular complexity index is 3910. The first kappa shape index (κ1) is 28.9. The van der Waals surface area contributed by atoms with E-state index in [1.807, 2.05) is 60.7 Å². The number of fused-ring (bicyclic) bond motifs is 6. The smallest absolute Gasteiger partial charge is 0.137 e. The zero-order valence-corrected chi connectivity index (χ0v) is 34.0. The predicted octanol–water partition coefficient (Wildman–Crippen LogP) is 15.9. The Kier molecular flexibility index (Phi) is 6.96. The molecule has 0 N–H and O–H groups in total. The van der Waals surface area contributed by atoms with E-state index >= 15 is 4.39 Å². The number of nitrogens with zero attached hydrogens (tertiary/aromatic N) is 4. The molecule has 4 nitrogen and oxygen atoms in total. The lowest BCUT2D eigenvalue weighted by molar-refractivity contribution is 0.628. The van der Waals surface area contributed by atoms with Crippen LogP contribution in [0.15, 0.2) is 237 Å². The van der Waals surface area contributed by atoms with E-state index in [0.717, 1.165) is 87.7 Å². The summed E-state index contributed by atoms with van der Waals surface area (Å²) in [6.45, 7) is 0. The SMILES string of the molecule is [2H]c1c([2H])c([2H])c(N(c2ccc(-c3cc(-c4ccc5c(c4)c4ccccc4n5-c4ccccc4)cc(-c4ccc5c(c4)c4ccccc4n5-c4ccccc4)c3)cn2)c2c([2H])c([2H])c(F)c([2H])c2[2H])c([2H])c1[2H]. The molecule has 0 fully saturated rings. The van der Waals surface area contributed by atoms with Crippen molar-refractivity contribution in [3.63, 3.8) is 0 Å². The molecular formula is C59H39FN4. The number of rotatable bonds is 8. The molecule has 9 aromatic carbocycles. The Hall–Kier alpha value is -8.54. The summed E-state index contributed by atoms with van der Waals surface area (Å²) in [4.78, 5) is 5.74. The van der Waals surface area contributed by atoms with Gasteiger partial charge in [0.15, 0.2) is 0 Å². The largest absolute Gasteiger partial charge is 0.309 e. The first-order valence-electron chi connectivity index (χ1n) is 25.3. The van der Waals surface area contributed by atoms with E-state index in [0.29, 0.717) is 5.56 Å². The van der Waals surface area contributed by atoms with Gasteiger partial charge in [0.05, 0.1) is 34.4 Å². The molecule has 12 aromatic rings. The Morgan fingerprint density at radius 3 is 1.36 bits per heavy atom. The van der Waals surface area contributed by atoms with Crippen LogP contribution in [0.5, 0.6) is 0 Å². The van der Waals surface area contributed by atoms with Crippen LogP contribution in [-0.4, -0.2) is 14.1 Å². The van der Waals surface area contributed by atoms with Crippen molar-refractivity contribution in [2.24, 2.45) is 0 Å². The highest BCUT2D eigenvalue weighted by molar-refractivity contribution is 6.12. The molecule has 5 heteroatoms. The monoisotopic (exact) mass is 831 g/mol. The quantitative estimate of drug-likeness (QED) is 0.152. The molecule has 0 saturated heterocycles. The highest BCUT2D eigenvalue weighted by Gasteiger charge is 2.18. The van der Waals surface area contributed by atoms with E-state index in [4.69, 9.17) is 17.3 Å².